The zero-order valence-corrected chi connectivity index (χ0v) is 19.9. The number of amides is 2. The summed E-state index contributed by atoms with van der Waals surface area (Å²) < 4.78 is 5.54. The molecule has 2 N–H and O–H groups in total. The Labute approximate surface area is 200 Å². The van der Waals surface area contributed by atoms with Crippen molar-refractivity contribution in [3.63, 3.8) is 0 Å². The number of carboxylic acid groups (broad SMARTS) is 1. The summed E-state index contributed by atoms with van der Waals surface area (Å²) in [5.41, 5.74) is 3.74. The van der Waals surface area contributed by atoms with Crippen LogP contribution in [0.4, 0.5) is 4.79 Å². The number of rotatable bonds is 7. The number of ether oxygens (including phenoxy) is 1. The number of fused-ring (bicyclic) bond motifs is 3. The molecule has 1 saturated heterocycles. The lowest BCUT2D eigenvalue weighted by atomic mass is 9.81. The van der Waals surface area contributed by atoms with Crippen molar-refractivity contribution in [1.29, 1.82) is 0 Å². The first-order valence-electron chi connectivity index (χ1n) is 11.8. The fourth-order valence-electron chi connectivity index (χ4n) is 5.07. The van der Waals surface area contributed by atoms with Crippen molar-refractivity contribution >= 4 is 18.0 Å². The maximum absolute atomic E-state index is 12.8. The van der Waals surface area contributed by atoms with Gasteiger partial charge in [-0.05, 0) is 41.5 Å². The van der Waals surface area contributed by atoms with Crippen LogP contribution in [0.15, 0.2) is 48.5 Å². The molecule has 1 fully saturated rings. The highest BCUT2D eigenvalue weighted by molar-refractivity contribution is 5.82. The van der Waals surface area contributed by atoms with Crippen LogP contribution in [0.5, 0.6) is 0 Å². The molecule has 0 saturated carbocycles. The van der Waals surface area contributed by atoms with E-state index in [2.05, 4.69) is 29.6 Å². The highest BCUT2D eigenvalue weighted by Crippen LogP contribution is 2.44. The third-order valence-electron chi connectivity index (χ3n) is 7.51. The molecule has 0 aromatic heterocycles. The minimum atomic E-state index is -0.922. The third kappa shape index (κ3) is 4.39. The predicted molar refractivity (Wildman–Crippen MR) is 128 cm³/mol. The first-order valence-corrected chi connectivity index (χ1v) is 11.8. The van der Waals surface area contributed by atoms with Gasteiger partial charge in [-0.3, -0.25) is 9.59 Å². The standard InChI is InChI=1S/C27H32N2O5/c1-17(24(30)29-14-18(2)27(3,16-29)25(31)32)12-13-28-26(33)34-15-23-21-10-6-4-8-19(21)20-9-5-7-11-22(20)23/h4-11,17-18,23H,12-16H2,1-3H3,(H,28,33)(H,31,32). The molecule has 1 aliphatic carbocycles. The second-order valence-corrected chi connectivity index (χ2v) is 9.78. The molecular weight excluding hydrogens is 432 g/mol. The molecule has 0 spiro atoms. The number of benzene rings is 2. The lowest BCUT2D eigenvalue weighted by molar-refractivity contribution is -0.149. The van der Waals surface area contributed by atoms with Crippen molar-refractivity contribution in [2.24, 2.45) is 17.3 Å². The van der Waals surface area contributed by atoms with Crippen LogP contribution in [0, 0.1) is 17.3 Å². The van der Waals surface area contributed by atoms with Gasteiger partial charge >= 0.3 is 12.1 Å². The molecule has 0 radical (unpaired) electrons. The van der Waals surface area contributed by atoms with Crippen LogP contribution in [0.1, 0.15) is 44.2 Å². The number of hydrogen-bond donors (Lipinski definition) is 2. The van der Waals surface area contributed by atoms with Crippen LogP contribution in [0.25, 0.3) is 11.1 Å². The van der Waals surface area contributed by atoms with E-state index in [4.69, 9.17) is 4.74 Å². The van der Waals surface area contributed by atoms with E-state index in [9.17, 15) is 19.5 Å². The summed E-state index contributed by atoms with van der Waals surface area (Å²) in [6.07, 6.45) is -0.0488. The average Bonchev–Trinajstić information content (AvgIpc) is 3.32. The largest absolute Gasteiger partial charge is 0.481 e. The van der Waals surface area contributed by atoms with Gasteiger partial charge < -0.3 is 20.1 Å². The Kier molecular flexibility index (Phi) is 6.64. The molecule has 1 heterocycles. The number of nitrogens with zero attached hydrogens (tertiary/aromatic N) is 1. The Bertz CT molecular complexity index is 1050. The number of aliphatic carboxylic acids is 1. The minimum absolute atomic E-state index is 0.000599. The van der Waals surface area contributed by atoms with Gasteiger partial charge in [-0.2, -0.15) is 0 Å². The Morgan fingerprint density at radius 1 is 1.12 bits per heavy atom. The third-order valence-corrected chi connectivity index (χ3v) is 7.51. The molecular formula is C27H32N2O5. The van der Waals surface area contributed by atoms with Gasteiger partial charge in [-0.15, -0.1) is 0 Å². The van der Waals surface area contributed by atoms with E-state index in [-0.39, 0.29) is 36.8 Å². The van der Waals surface area contributed by atoms with Gasteiger partial charge in [0.1, 0.15) is 6.61 Å². The molecule has 7 heteroatoms. The van der Waals surface area contributed by atoms with Crippen molar-refractivity contribution in [1.82, 2.24) is 10.2 Å². The second-order valence-electron chi connectivity index (χ2n) is 9.78. The molecule has 4 rings (SSSR count). The number of likely N-dealkylation sites (tertiary alicyclic amines) is 1. The van der Waals surface area contributed by atoms with Gasteiger partial charge in [0.25, 0.3) is 0 Å². The number of carbonyl (C=O) groups is 3. The Balaban J connectivity index is 1.25. The van der Waals surface area contributed by atoms with E-state index in [1.54, 1.807) is 11.8 Å². The van der Waals surface area contributed by atoms with E-state index in [0.29, 0.717) is 19.5 Å². The lowest BCUT2D eigenvalue weighted by Crippen LogP contribution is -2.38. The summed E-state index contributed by atoms with van der Waals surface area (Å²) in [5.74, 6) is -1.39. The Hall–Kier alpha value is -3.35. The van der Waals surface area contributed by atoms with E-state index in [0.717, 1.165) is 11.1 Å². The quantitative estimate of drug-likeness (QED) is 0.643. The van der Waals surface area contributed by atoms with Gasteiger partial charge in [-0.25, -0.2) is 4.79 Å². The average molecular weight is 465 g/mol. The van der Waals surface area contributed by atoms with Crippen LogP contribution in [-0.4, -0.2) is 54.2 Å². The van der Waals surface area contributed by atoms with Gasteiger partial charge in [0.05, 0.1) is 5.41 Å². The number of hydrogen-bond acceptors (Lipinski definition) is 4. The zero-order valence-electron chi connectivity index (χ0n) is 19.9. The van der Waals surface area contributed by atoms with Crippen LogP contribution in [-0.2, 0) is 14.3 Å². The molecule has 34 heavy (non-hydrogen) atoms. The van der Waals surface area contributed by atoms with Crippen molar-refractivity contribution in [2.75, 3.05) is 26.2 Å². The maximum Gasteiger partial charge on any atom is 0.407 e. The molecule has 3 unspecified atom stereocenters. The number of alkyl carbamates (subject to hydrolysis) is 1. The van der Waals surface area contributed by atoms with E-state index >= 15 is 0 Å². The highest BCUT2D eigenvalue weighted by Gasteiger charge is 2.48. The zero-order chi connectivity index (χ0) is 24.5. The van der Waals surface area contributed by atoms with Crippen LogP contribution in [0.3, 0.4) is 0 Å². The van der Waals surface area contributed by atoms with Gasteiger partial charge in [0.2, 0.25) is 5.91 Å². The van der Waals surface area contributed by atoms with Crippen LogP contribution in [0.2, 0.25) is 0 Å². The molecule has 180 valence electrons. The molecule has 7 nitrogen and oxygen atoms in total. The maximum atomic E-state index is 12.8. The monoisotopic (exact) mass is 464 g/mol. The Morgan fingerprint density at radius 2 is 1.71 bits per heavy atom. The van der Waals surface area contributed by atoms with Crippen molar-refractivity contribution < 1.29 is 24.2 Å². The van der Waals surface area contributed by atoms with Gasteiger partial charge in [0, 0.05) is 31.5 Å². The first kappa shape index (κ1) is 23.8. The van der Waals surface area contributed by atoms with Crippen molar-refractivity contribution in [3.05, 3.63) is 59.7 Å². The molecule has 2 aromatic rings. The number of nitrogens with one attached hydrogen (secondary N) is 1. The summed E-state index contributed by atoms with van der Waals surface area (Å²) in [5, 5.41) is 12.3. The fourth-order valence-corrected chi connectivity index (χ4v) is 5.07. The summed E-state index contributed by atoms with van der Waals surface area (Å²) in [6, 6.07) is 16.3. The molecule has 2 aromatic carbocycles. The summed E-state index contributed by atoms with van der Waals surface area (Å²) >= 11 is 0. The molecule has 2 amide bonds. The molecule has 2 aliphatic rings. The molecule has 3 atom stereocenters. The fraction of sp³-hybridized carbons (Fsp3) is 0.444. The lowest BCUT2D eigenvalue weighted by Gasteiger charge is -2.24. The summed E-state index contributed by atoms with van der Waals surface area (Å²) in [6.45, 7) is 6.57. The van der Waals surface area contributed by atoms with E-state index in [1.165, 1.54) is 11.1 Å². The van der Waals surface area contributed by atoms with Gasteiger partial charge in [0.15, 0.2) is 0 Å². The van der Waals surface area contributed by atoms with Crippen LogP contribution < -0.4 is 5.32 Å². The van der Waals surface area contributed by atoms with E-state index in [1.807, 2.05) is 38.1 Å². The predicted octanol–water partition coefficient (Wildman–Crippen LogP) is 4.12. The van der Waals surface area contributed by atoms with Gasteiger partial charge in [-0.1, -0.05) is 62.4 Å². The normalized spacial score (nSPS) is 22.1. The summed E-state index contributed by atoms with van der Waals surface area (Å²) in [4.78, 5) is 38.4. The number of carbonyl (C=O) groups excluding carboxylic acids is 2. The molecule has 0 bridgehead atoms. The summed E-state index contributed by atoms with van der Waals surface area (Å²) in [7, 11) is 0. The first-order chi connectivity index (χ1) is 16.2. The minimum Gasteiger partial charge on any atom is -0.481 e. The van der Waals surface area contributed by atoms with Crippen molar-refractivity contribution in [2.45, 2.75) is 33.1 Å². The van der Waals surface area contributed by atoms with Crippen molar-refractivity contribution in [3.8, 4) is 11.1 Å². The SMILES string of the molecule is CC(CCNC(=O)OCC1c2ccccc2-c2ccccc21)C(=O)N1CC(C)C(C)(C(=O)O)C1. The smallest absolute Gasteiger partial charge is 0.407 e. The van der Waals surface area contributed by atoms with Crippen LogP contribution >= 0.6 is 0 Å². The highest BCUT2D eigenvalue weighted by atomic mass is 16.5. The Morgan fingerprint density at radius 3 is 2.26 bits per heavy atom. The van der Waals surface area contributed by atoms with E-state index < -0.39 is 17.5 Å². The topological polar surface area (TPSA) is 95.9 Å². The second kappa shape index (κ2) is 9.49. The number of carboxylic acids is 1. The molecule has 1 aliphatic heterocycles.